The summed E-state index contributed by atoms with van der Waals surface area (Å²) in [5, 5.41) is 12.1. The van der Waals surface area contributed by atoms with Crippen LogP contribution in [0.3, 0.4) is 0 Å². The minimum atomic E-state index is -0.0696. The van der Waals surface area contributed by atoms with Gasteiger partial charge < -0.3 is 14.8 Å². The molecule has 3 aromatic carbocycles. The third-order valence-electron chi connectivity index (χ3n) is 9.21. The smallest absolute Gasteiger partial charge is 0.166 e. The Morgan fingerprint density at radius 2 is 1.89 bits per heavy atom. The maximum absolute atomic E-state index is 10.8. The Bertz CT molecular complexity index is 1500. The third-order valence-corrected chi connectivity index (χ3v) is 9.21. The molecular weight excluding hydrogens is 432 g/mol. The van der Waals surface area contributed by atoms with Gasteiger partial charge in [-0.15, -0.1) is 0 Å². The van der Waals surface area contributed by atoms with Crippen LogP contribution in [-0.4, -0.2) is 34.1 Å². The van der Waals surface area contributed by atoms with Gasteiger partial charge in [0.15, 0.2) is 11.5 Å². The number of para-hydroxylation sites is 1. The number of ether oxygens (including phenoxy) is 1. The van der Waals surface area contributed by atoms with Crippen LogP contribution in [0.4, 0.5) is 0 Å². The number of fused-ring (bicyclic) bond motifs is 4. The average Bonchev–Trinajstić information content (AvgIpc) is 3.43. The Morgan fingerprint density at radius 1 is 1.03 bits per heavy atom. The number of aromatic amines is 1. The van der Waals surface area contributed by atoms with E-state index in [2.05, 4.69) is 82.7 Å². The van der Waals surface area contributed by atoms with Crippen molar-refractivity contribution in [3.63, 3.8) is 0 Å². The Labute approximate surface area is 204 Å². The first-order chi connectivity index (χ1) is 17.2. The Kier molecular flexibility index (Phi) is 3.96. The molecule has 1 aromatic heterocycles. The average molecular weight is 461 g/mol. The summed E-state index contributed by atoms with van der Waals surface area (Å²) in [6.45, 7) is 2.00. The zero-order chi connectivity index (χ0) is 23.1. The van der Waals surface area contributed by atoms with Crippen LogP contribution >= 0.6 is 0 Å². The van der Waals surface area contributed by atoms with Gasteiger partial charge in [0.05, 0.1) is 5.69 Å². The Balaban J connectivity index is 1.25. The molecule has 3 heterocycles. The molecule has 2 N–H and O–H groups in total. The minimum absolute atomic E-state index is 0.0597. The number of aromatic hydroxyl groups is 1. The molecule has 4 aromatic rings. The van der Waals surface area contributed by atoms with E-state index in [1.807, 2.05) is 6.07 Å². The topological polar surface area (TPSA) is 48.5 Å². The lowest BCUT2D eigenvalue weighted by Gasteiger charge is -2.57. The van der Waals surface area contributed by atoms with E-state index in [0.29, 0.717) is 12.0 Å². The number of rotatable bonds is 3. The van der Waals surface area contributed by atoms with Crippen molar-refractivity contribution in [3.05, 3.63) is 101 Å². The molecule has 2 aliphatic carbocycles. The highest BCUT2D eigenvalue weighted by molar-refractivity contribution is 5.86. The third kappa shape index (κ3) is 2.55. The molecule has 4 atom stereocenters. The minimum Gasteiger partial charge on any atom is -0.504 e. The number of benzene rings is 3. The molecule has 4 heteroatoms. The summed E-state index contributed by atoms with van der Waals surface area (Å²) in [5.74, 6) is 1.49. The zero-order valence-corrected chi connectivity index (χ0v) is 19.6. The van der Waals surface area contributed by atoms with Gasteiger partial charge in [-0.1, -0.05) is 66.7 Å². The van der Waals surface area contributed by atoms with Gasteiger partial charge in [-0.3, -0.25) is 4.90 Å². The van der Waals surface area contributed by atoms with E-state index < -0.39 is 0 Å². The number of hydrogen-bond donors (Lipinski definition) is 2. The highest BCUT2D eigenvalue weighted by atomic mass is 16.5. The van der Waals surface area contributed by atoms with Crippen LogP contribution < -0.4 is 4.74 Å². The monoisotopic (exact) mass is 460 g/mol. The molecule has 174 valence electrons. The van der Waals surface area contributed by atoms with Crippen LogP contribution in [0.5, 0.6) is 11.5 Å². The molecule has 0 unspecified atom stereocenters. The second-order valence-corrected chi connectivity index (χ2v) is 10.7. The fourth-order valence-corrected chi connectivity index (χ4v) is 7.81. The second kappa shape index (κ2) is 7.02. The normalized spacial score (nSPS) is 28.2. The van der Waals surface area contributed by atoms with Crippen LogP contribution in [-0.2, 0) is 18.3 Å². The quantitative estimate of drug-likeness (QED) is 0.409. The van der Waals surface area contributed by atoms with Gasteiger partial charge >= 0.3 is 0 Å². The van der Waals surface area contributed by atoms with Gasteiger partial charge in [0, 0.05) is 34.5 Å². The molecule has 1 fully saturated rings. The van der Waals surface area contributed by atoms with Gasteiger partial charge in [0.1, 0.15) is 6.10 Å². The number of hydrogen-bond acceptors (Lipinski definition) is 3. The van der Waals surface area contributed by atoms with Gasteiger partial charge in [-0.25, -0.2) is 0 Å². The first-order valence-corrected chi connectivity index (χ1v) is 12.8. The van der Waals surface area contributed by atoms with Crippen LogP contribution in [0.1, 0.15) is 40.5 Å². The number of likely N-dealkylation sites (tertiary alicyclic amines) is 1. The summed E-state index contributed by atoms with van der Waals surface area (Å²) >= 11 is 0. The molecule has 4 nitrogen and oxygen atoms in total. The van der Waals surface area contributed by atoms with Crippen molar-refractivity contribution in [2.75, 3.05) is 13.1 Å². The molecule has 8 rings (SSSR count). The summed E-state index contributed by atoms with van der Waals surface area (Å²) < 4.78 is 6.73. The number of piperidine rings is 1. The molecule has 1 spiro atoms. The van der Waals surface area contributed by atoms with Crippen molar-refractivity contribution in [1.82, 2.24) is 9.88 Å². The first-order valence-electron chi connectivity index (χ1n) is 12.8. The fourth-order valence-electron chi connectivity index (χ4n) is 7.81. The largest absolute Gasteiger partial charge is 0.504 e. The fraction of sp³-hybridized carbons (Fsp3) is 0.290. The van der Waals surface area contributed by atoms with Crippen molar-refractivity contribution in [1.29, 1.82) is 0 Å². The molecule has 0 radical (unpaired) electrons. The van der Waals surface area contributed by atoms with E-state index in [1.165, 1.54) is 38.9 Å². The van der Waals surface area contributed by atoms with Gasteiger partial charge in [0.2, 0.25) is 0 Å². The van der Waals surface area contributed by atoms with Crippen LogP contribution in [0.2, 0.25) is 0 Å². The van der Waals surface area contributed by atoms with Crippen molar-refractivity contribution in [2.24, 2.45) is 5.92 Å². The number of nitrogens with one attached hydrogen (secondary N) is 1. The maximum atomic E-state index is 10.8. The van der Waals surface area contributed by atoms with Crippen LogP contribution in [0.25, 0.3) is 17.0 Å². The summed E-state index contributed by atoms with van der Waals surface area (Å²) in [6.07, 6.45) is 7.64. The van der Waals surface area contributed by atoms with Crippen molar-refractivity contribution < 1.29 is 9.84 Å². The van der Waals surface area contributed by atoms with E-state index in [9.17, 15) is 5.11 Å². The van der Waals surface area contributed by atoms with Gasteiger partial charge in [-0.05, 0) is 60.5 Å². The van der Waals surface area contributed by atoms with Crippen molar-refractivity contribution >= 4 is 17.0 Å². The van der Waals surface area contributed by atoms with E-state index in [0.717, 1.165) is 38.1 Å². The number of H-pyrrole nitrogens is 1. The number of phenolic OH excluding ortho intramolecular Hbond substituents is 1. The maximum Gasteiger partial charge on any atom is 0.166 e. The molecule has 2 bridgehead atoms. The molecule has 0 amide bonds. The molecular formula is C31H28N2O2. The number of phenols is 1. The van der Waals surface area contributed by atoms with E-state index in [-0.39, 0.29) is 17.3 Å². The van der Waals surface area contributed by atoms with E-state index in [4.69, 9.17) is 4.74 Å². The molecule has 4 aliphatic rings. The summed E-state index contributed by atoms with van der Waals surface area (Å²) in [7, 11) is 0. The zero-order valence-electron chi connectivity index (χ0n) is 19.6. The second-order valence-electron chi connectivity index (χ2n) is 10.7. The number of aromatic nitrogens is 1. The predicted octanol–water partition coefficient (Wildman–Crippen LogP) is 5.76. The van der Waals surface area contributed by atoms with Crippen molar-refractivity contribution in [3.8, 4) is 11.5 Å². The predicted molar refractivity (Wildman–Crippen MR) is 138 cm³/mol. The first kappa shape index (κ1) is 19.8. The molecule has 0 saturated carbocycles. The Hall–Kier alpha value is -3.50. The van der Waals surface area contributed by atoms with Gasteiger partial charge in [0.25, 0.3) is 0 Å². The highest BCUT2D eigenvalue weighted by Crippen LogP contribution is 2.67. The van der Waals surface area contributed by atoms with E-state index >= 15 is 0 Å². The SMILES string of the molecule is Oc1ccc2c3c1O[C@H]1c4[nH]c5ccccc5c4C[C@H]4[C@H](C2)N(C/C=C/c2ccccc2)CC[C@]314. The lowest BCUT2D eigenvalue weighted by molar-refractivity contribution is -0.0310. The highest BCUT2D eigenvalue weighted by Gasteiger charge is 2.65. The lowest BCUT2D eigenvalue weighted by atomic mass is 9.51. The summed E-state index contributed by atoms with van der Waals surface area (Å²) in [6, 6.07) is 23.7. The van der Waals surface area contributed by atoms with Gasteiger partial charge in [-0.2, -0.15) is 0 Å². The van der Waals surface area contributed by atoms with Crippen LogP contribution in [0, 0.1) is 5.92 Å². The molecule has 2 aliphatic heterocycles. The number of nitrogens with zero attached hydrogens (tertiary/aromatic N) is 1. The molecule has 35 heavy (non-hydrogen) atoms. The Morgan fingerprint density at radius 3 is 2.80 bits per heavy atom. The van der Waals surface area contributed by atoms with Crippen LogP contribution in [0.15, 0.2) is 72.8 Å². The lowest BCUT2D eigenvalue weighted by Crippen LogP contribution is -2.62. The standard InChI is InChI=1S/C31H28N2O2/c34-26-13-12-20-17-25-23-18-22-21-10-4-5-11-24(21)32-28(22)30-31(23,27(20)29(26)35-30)14-16-33(25)15-6-9-19-7-2-1-3-8-19/h1-13,23,25,30,32,34H,14-18H2/b9-6+/t23-,25-,30-,31-/m0/s1. The summed E-state index contributed by atoms with van der Waals surface area (Å²) in [4.78, 5) is 6.43. The van der Waals surface area contributed by atoms with E-state index in [1.54, 1.807) is 0 Å². The molecule has 1 saturated heterocycles. The summed E-state index contributed by atoms with van der Waals surface area (Å²) in [5.41, 5.74) is 7.66. The van der Waals surface area contributed by atoms with Crippen molar-refractivity contribution in [2.45, 2.75) is 36.8 Å².